The van der Waals surface area contributed by atoms with Crippen LogP contribution >= 0.6 is 0 Å². The summed E-state index contributed by atoms with van der Waals surface area (Å²) in [6, 6.07) is -0.371. The monoisotopic (exact) mass is 277 g/mol. The van der Waals surface area contributed by atoms with E-state index >= 15 is 0 Å². The number of carbonyl (C=O) groups excluding carboxylic acids is 1. The van der Waals surface area contributed by atoms with Gasteiger partial charge >= 0.3 is 11.9 Å². The summed E-state index contributed by atoms with van der Waals surface area (Å²) in [6.07, 6.45) is 0.909. The first-order chi connectivity index (χ1) is 8.27. The average molecular weight is 277 g/mol. The molecular formula is C9H11NO7S. The maximum absolute atomic E-state index is 11.7. The number of carboxylic acids is 1. The van der Waals surface area contributed by atoms with E-state index in [0.29, 0.717) is 0 Å². The van der Waals surface area contributed by atoms with Gasteiger partial charge in [-0.3, -0.25) is 4.79 Å². The SMILES string of the molecule is COC(=O)c1coc(S(=O)(=O)NC(C)C(=O)O)c1. The van der Waals surface area contributed by atoms with Crippen molar-refractivity contribution in [3.8, 4) is 0 Å². The van der Waals surface area contributed by atoms with Crippen LogP contribution in [0.5, 0.6) is 0 Å². The molecule has 0 aromatic carbocycles. The van der Waals surface area contributed by atoms with E-state index in [9.17, 15) is 18.0 Å². The minimum absolute atomic E-state index is 0.0825. The number of carboxylic acid groups (broad SMARTS) is 1. The largest absolute Gasteiger partial charge is 0.480 e. The molecule has 0 aliphatic carbocycles. The van der Waals surface area contributed by atoms with Crippen LogP contribution in [0.2, 0.25) is 0 Å². The zero-order valence-corrected chi connectivity index (χ0v) is 10.4. The number of carbonyl (C=O) groups is 2. The van der Waals surface area contributed by atoms with Crippen LogP contribution in [0.3, 0.4) is 0 Å². The molecule has 8 nitrogen and oxygen atoms in total. The molecule has 0 aliphatic heterocycles. The summed E-state index contributed by atoms with van der Waals surface area (Å²) >= 11 is 0. The molecule has 9 heteroatoms. The number of methoxy groups -OCH3 is 1. The van der Waals surface area contributed by atoms with Crippen LogP contribution in [-0.2, 0) is 19.6 Å². The first kappa shape index (κ1) is 14.2. The Morgan fingerprint density at radius 3 is 2.61 bits per heavy atom. The van der Waals surface area contributed by atoms with Gasteiger partial charge in [0.15, 0.2) is 0 Å². The quantitative estimate of drug-likeness (QED) is 0.715. The number of aliphatic carboxylic acids is 1. The summed E-state index contributed by atoms with van der Waals surface area (Å²) < 4.78 is 34.2. The van der Waals surface area contributed by atoms with Crippen LogP contribution in [0.25, 0.3) is 0 Å². The molecule has 1 rings (SSSR count). The molecule has 0 spiro atoms. The third-order valence-corrected chi connectivity index (χ3v) is 3.37. The number of furan rings is 1. The lowest BCUT2D eigenvalue weighted by molar-refractivity contribution is -0.138. The standard InChI is InChI=1S/C9H11NO7S/c1-5(8(11)12)10-18(14,15)7-3-6(4-17-7)9(13)16-2/h3-5,10H,1-2H3,(H,11,12). The number of ether oxygens (including phenoxy) is 1. The fourth-order valence-corrected chi connectivity index (χ4v) is 2.16. The van der Waals surface area contributed by atoms with E-state index in [-0.39, 0.29) is 5.56 Å². The van der Waals surface area contributed by atoms with Gasteiger partial charge in [0.1, 0.15) is 12.3 Å². The van der Waals surface area contributed by atoms with Crippen LogP contribution in [0, 0.1) is 0 Å². The highest BCUT2D eigenvalue weighted by atomic mass is 32.2. The van der Waals surface area contributed by atoms with Crippen molar-refractivity contribution in [1.29, 1.82) is 0 Å². The second-order valence-corrected chi connectivity index (χ2v) is 4.97. The van der Waals surface area contributed by atoms with Crippen molar-refractivity contribution < 1.29 is 32.3 Å². The summed E-state index contributed by atoms with van der Waals surface area (Å²) in [5.41, 5.74) is -0.0825. The number of esters is 1. The van der Waals surface area contributed by atoms with E-state index < -0.39 is 33.1 Å². The summed E-state index contributed by atoms with van der Waals surface area (Å²) in [5, 5.41) is 8.03. The highest BCUT2D eigenvalue weighted by molar-refractivity contribution is 7.89. The Balaban J connectivity index is 2.96. The molecule has 0 saturated heterocycles. The molecule has 0 amide bonds. The Bertz CT molecular complexity index is 559. The van der Waals surface area contributed by atoms with Gasteiger partial charge in [-0.05, 0) is 6.92 Å². The van der Waals surface area contributed by atoms with Gasteiger partial charge in [0.25, 0.3) is 10.0 Å². The second kappa shape index (κ2) is 5.19. The van der Waals surface area contributed by atoms with Crippen molar-refractivity contribution in [3.05, 3.63) is 17.9 Å². The number of hydrogen-bond donors (Lipinski definition) is 2. The van der Waals surface area contributed by atoms with Crippen molar-refractivity contribution in [2.24, 2.45) is 0 Å². The van der Waals surface area contributed by atoms with Crippen LogP contribution in [0.4, 0.5) is 0 Å². The first-order valence-electron chi connectivity index (χ1n) is 4.70. The Morgan fingerprint density at radius 2 is 2.11 bits per heavy atom. The molecule has 0 aliphatic rings. The smallest absolute Gasteiger partial charge is 0.341 e. The normalized spacial score (nSPS) is 13.0. The molecule has 1 atom stereocenters. The van der Waals surface area contributed by atoms with Crippen LogP contribution < -0.4 is 4.72 Å². The molecule has 0 saturated carbocycles. The minimum atomic E-state index is -4.13. The van der Waals surface area contributed by atoms with Crippen molar-refractivity contribution in [2.75, 3.05) is 7.11 Å². The van der Waals surface area contributed by atoms with Gasteiger partial charge in [0.2, 0.25) is 5.09 Å². The lowest BCUT2D eigenvalue weighted by Gasteiger charge is -2.07. The molecule has 2 N–H and O–H groups in total. The Kier molecular flexibility index (Phi) is 4.09. The van der Waals surface area contributed by atoms with Crippen molar-refractivity contribution >= 4 is 22.0 Å². The number of sulfonamides is 1. The fourth-order valence-electron chi connectivity index (χ4n) is 1.02. The Hall–Kier alpha value is -1.87. The average Bonchev–Trinajstić information content (AvgIpc) is 2.77. The highest BCUT2D eigenvalue weighted by Gasteiger charge is 2.25. The topological polar surface area (TPSA) is 123 Å². The number of rotatable bonds is 5. The van der Waals surface area contributed by atoms with Gasteiger partial charge in [0, 0.05) is 6.07 Å². The molecule has 0 fully saturated rings. The van der Waals surface area contributed by atoms with Gasteiger partial charge in [-0.1, -0.05) is 0 Å². The Labute approximate surface area is 103 Å². The van der Waals surface area contributed by atoms with E-state index in [1.54, 1.807) is 0 Å². The van der Waals surface area contributed by atoms with E-state index in [0.717, 1.165) is 26.4 Å². The maximum Gasteiger partial charge on any atom is 0.341 e. The third-order valence-electron chi connectivity index (χ3n) is 1.96. The molecule has 0 radical (unpaired) electrons. The molecule has 100 valence electrons. The van der Waals surface area contributed by atoms with Crippen molar-refractivity contribution in [2.45, 2.75) is 18.1 Å². The predicted molar refractivity (Wildman–Crippen MR) is 57.5 cm³/mol. The van der Waals surface area contributed by atoms with Gasteiger partial charge in [-0.15, -0.1) is 0 Å². The van der Waals surface area contributed by atoms with Gasteiger partial charge in [-0.2, -0.15) is 4.72 Å². The fraction of sp³-hybridized carbons (Fsp3) is 0.333. The molecule has 1 aromatic heterocycles. The highest BCUT2D eigenvalue weighted by Crippen LogP contribution is 2.14. The lowest BCUT2D eigenvalue weighted by Crippen LogP contribution is -2.38. The predicted octanol–water partition coefficient (Wildman–Crippen LogP) is -0.182. The van der Waals surface area contributed by atoms with Crippen LogP contribution in [-0.4, -0.2) is 38.6 Å². The maximum atomic E-state index is 11.7. The zero-order chi connectivity index (χ0) is 13.9. The molecule has 18 heavy (non-hydrogen) atoms. The molecular weight excluding hydrogens is 266 g/mol. The first-order valence-corrected chi connectivity index (χ1v) is 6.18. The van der Waals surface area contributed by atoms with Crippen molar-refractivity contribution in [3.63, 3.8) is 0 Å². The van der Waals surface area contributed by atoms with E-state index in [2.05, 4.69) is 9.15 Å². The van der Waals surface area contributed by atoms with Crippen molar-refractivity contribution in [1.82, 2.24) is 4.72 Å². The molecule has 1 heterocycles. The lowest BCUT2D eigenvalue weighted by atomic mass is 10.3. The summed E-state index contributed by atoms with van der Waals surface area (Å²) in [7, 11) is -3.00. The van der Waals surface area contributed by atoms with Gasteiger partial charge < -0.3 is 14.3 Å². The minimum Gasteiger partial charge on any atom is -0.480 e. The summed E-state index contributed by atoms with van der Waals surface area (Å²) in [6.45, 7) is 1.16. The third kappa shape index (κ3) is 3.08. The number of nitrogens with one attached hydrogen (secondary N) is 1. The Morgan fingerprint density at radius 1 is 1.50 bits per heavy atom. The van der Waals surface area contributed by atoms with Crippen LogP contribution in [0.1, 0.15) is 17.3 Å². The molecule has 0 bridgehead atoms. The van der Waals surface area contributed by atoms with E-state index in [1.807, 2.05) is 4.72 Å². The summed E-state index contributed by atoms with van der Waals surface area (Å²) in [4.78, 5) is 21.6. The summed E-state index contributed by atoms with van der Waals surface area (Å²) in [5.74, 6) is -2.09. The second-order valence-electron chi connectivity index (χ2n) is 3.33. The van der Waals surface area contributed by atoms with Gasteiger partial charge in [0.05, 0.1) is 12.7 Å². The number of hydrogen-bond acceptors (Lipinski definition) is 6. The zero-order valence-electron chi connectivity index (χ0n) is 9.54. The van der Waals surface area contributed by atoms with Gasteiger partial charge in [-0.25, -0.2) is 13.2 Å². The van der Waals surface area contributed by atoms with Crippen LogP contribution in [0.15, 0.2) is 21.8 Å². The van der Waals surface area contributed by atoms with E-state index in [1.165, 1.54) is 0 Å². The molecule has 1 aromatic rings. The van der Waals surface area contributed by atoms with E-state index in [4.69, 9.17) is 5.11 Å². The molecule has 1 unspecified atom stereocenters.